The van der Waals surface area contributed by atoms with Crippen LogP contribution in [-0.2, 0) is 19.1 Å². The number of carbonyl (C=O) groups excluding carboxylic acids is 3. The standard InChI is InChI=1S/C25H23N3O5/c1-4-19(29)16-12-8-9-13-18(16)28-22(25(31)33-3)21(24(30)32-2)20(17(14-26)23(28)27)15-10-6-5-7-11-15/h5-13,20H,4,27H2,1-3H3. The fourth-order valence-electron chi connectivity index (χ4n) is 3.86. The molecule has 8 heteroatoms. The number of esters is 2. The first-order chi connectivity index (χ1) is 15.9. The van der Waals surface area contributed by atoms with Crippen molar-refractivity contribution in [2.45, 2.75) is 19.3 Å². The predicted octanol–water partition coefficient (Wildman–Crippen LogP) is 3.18. The summed E-state index contributed by atoms with van der Waals surface area (Å²) in [6.45, 7) is 1.71. The van der Waals surface area contributed by atoms with E-state index in [1.54, 1.807) is 61.5 Å². The molecule has 2 aromatic rings. The number of nitriles is 1. The molecule has 1 atom stereocenters. The highest BCUT2D eigenvalue weighted by Crippen LogP contribution is 2.43. The van der Waals surface area contributed by atoms with Crippen molar-refractivity contribution < 1.29 is 23.9 Å². The summed E-state index contributed by atoms with van der Waals surface area (Å²) in [5.74, 6) is -2.95. The van der Waals surface area contributed by atoms with Crippen LogP contribution < -0.4 is 10.6 Å². The second-order valence-electron chi connectivity index (χ2n) is 7.13. The van der Waals surface area contributed by atoms with Gasteiger partial charge in [-0.2, -0.15) is 5.26 Å². The molecule has 0 spiro atoms. The zero-order valence-electron chi connectivity index (χ0n) is 18.5. The van der Waals surface area contributed by atoms with Crippen LogP contribution in [0.2, 0.25) is 0 Å². The average Bonchev–Trinajstić information content (AvgIpc) is 2.86. The van der Waals surface area contributed by atoms with Crippen LogP contribution in [0, 0.1) is 11.3 Å². The molecule has 0 aliphatic carbocycles. The van der Waals surface area contributed by atoms with Crippen LogP contribution in [-0.4, -0.2) is 31.9 Å². The molecule has 0 fully saturated rings. The number of hydrogen-bond acceptors (Lipinski definition) is 8. The van der Waals surface area contributed by atoms with Crippen LogP contribution in [0.3, 0.4) is 0 Å². The van der Waals surface area contributed by atoms with Crippen molar-refractivity contribution in [2.75, 3.05) is 19.1 Å². The van der Waals surface area contributed by atoms with Crippen molar-refractivity contribution in [2.24, 2.45) is 5.73 Å². The first-order valence-electron chi connectivity index (χ1n) is 10.2. The van der Waals surface area contributed by atoms with Gasteiger partial charge in [-0.05, 0) is 17.7 Å². The Balaban J connectivity index is 2.45. The molecule has 2 aromatic carbocycles. The van der Waals surface area contributed by atoms with Crippen molar-refractivity contribution in [3.8, 4) is 6.07 Å². The first kappa shape index (κ1) is 23.3. The zero-order chi connectivity index (χ0) is 24.1. The molecule has 1 aliphatic rings. The van der Waals surface area contributed by atoms with E-state index in [0.29, 0.717) is 5.56 Å². The molecule has 0 radical (unpaired) electrons. The van der Waals surface area contributed by atoms with Gasteiger partial charge in [0.15, 0.2) is 5.78 Å². The third kappa shape index (κ3) is 4.08. The van der Waals surface area contributed by atoms with E-state index in [1.165, 1.54) is 19.1 Å². The normalized spacial score (nSPS) is 15.7. The van der Waals surface area contributed by atoms with E-state index in [-0.39, 0.29) is 46.1 Å². The van der Waals surface area contributed by atoms with Gasteiger partial charge in [-0.3, -0.25) is 9.69 Å². The van der Waals surface area contributed by atoms with Gasteiger partial charge in [0, 0.05) is 12.0 Å². The summed E-state index contributed by atoms with van der Waals surface area (Å²) in [6.07, 6.45) is 0.202. The number of anilines is 1. The number of rotatable bonds is 6. The van der Waals surface area contributed by atoms with Gasteiger partial charge < -0.3 is 15.2 Å². The maximum Gasteiger partial charge on any atom is 0.355 e. The first-order valence-corrected chi connectivity index (χ1v) is 10.2. The summed E-state index contributed by atoms with van der Waals surface area (Å²) in [5, 5.41) is 10.1. The number of nitrogens with zero attached hydrogens (tertiary/aromatic N) is 2. The Hall–Kier alpha value is -4.38. The minimum absolute atomic E-state index is 0.0352. The summed E-state index contributed by atoms with van der Waals surface area (Å²) in [5.41, 5.74) is 7.28. The maximum atomic E-state index is 13.1. The second kappa shape index (κ2) is 9.83. The highest BCUT2D eigenvalue weighted by molar-refractivity contribution is 6.09. The van der Waals surface area contributed by atoms with Gasteiger partial charge in [-0.25, -0.2) is 9.59 Å². The summed E-state index contributed by atoms with van der Waals surface area (Å²) in [4.78, 5) is 40.0. The number of benzene rings is 2. The van der Waals surface area contributed by atoms with E-state index in [2.05, 4.69) is 6.07 Å². The predicted molar refractivity (Wildman–Crippen MR) is 121 cm³/mol. The molecule has 0 aromatic heterocycles. The van der Waals surface area contributed by atoms with Crippen LogP contribution in [0.4, 0.5) is 5.69 Å². The fraction of sp³-hybridized carbons (Fsp3) is 0.200. The molecule has 3 rings (SSSR count). The van der Waals surface area contributed by atoms with Gasteiger partial charge in [-0.1, -0.05) is 49.4 Å². The van der Waals surface area contributed by atoms with Gasteiger partial charge in [0.1, 0.15) is 11.5 Å². The highest BCUT2D eigenvalue weighted by Gasteiger charge is 2.43. The molecular formula is C25H23N3O5. The van der Waals surface area contributed by atoms with Crippen LogP contribution in [0.5, 0.6) is 0 Å². The number of para-hydroxylation sites is 1. The van der Waals surface area contributed by atoms with Gasteiger partial charge in [0.05, 0.1) is 43.0 Å². The number of methoxy groups -OCH3 is 2. The third-order valence-electron chi connectivity index (χ3n) is 5.38. The summed E-state index contributed by atoms with van der Waals surface area (Å²) in [6, 6.07) is 17.3. The lowest BCUT2D eigenvalue weighted by Crippen LogP contribution is -2.41. The Bertz CT molecular complexity index is 1210. The molecule has 0 saturated carbocycles. The Morgan fingerprint density at radius 3 is 2.18 bits per heavy atom. The average molecular weight is 445 g/mol. The highest BCUT2D eigenvalue weighted by atomic mass is 16.5. The number of allylic oxidation sites excluding steroid dienone is 1. The summed E-state index contributed by atoms with van der Waals surface area (Å²) < 4.78 is 10.0. The smallest absolute Gasteiger partial charge is 0.355 e. The van der Waals surface area contributed by atoms with E-state index < -0.39 is 17.9 Å². The number of nitrogens with two attached hydrogens (primary N) is 1. The van der Waals surface area contributed by atoms with Crippen molar-refractivity contribution in [1.82, 2.24) is 0 Å². The number of Topliss-reactive ketones (excluding diaryl/α,β-unsaturated/α-hetero) is 1. The fourth-order valence-corrected chi connectivity index (χ4v) is 3.86. The number of hydrogen-bond donors (Lipinski definition) is 1. The third-order valence-corrected chi connectivity index (χ3v) is 5.38. The molecular weight excluding hydrogens is 422 g/mol. The quantitative estimate of drug-likeness (QED) is 0.531. The monoisotopic (exact) mass is 445 g/mol. The van der Waals surface area contributed by atoms with E-state index in [0.717, 1.165) is 0 Å². The molecule has 1 heterocycles. The van der Waals surface area contributed by atoms with E-state index in [4.69, 9.17) is 15.2 Å². The van der Waals surface area contributed by atoms with Gasteiger partial charge in [0.2, 0.25) is 0 Å². The Labute approximate surface area is 191 Å². The van der Waals surface area contributed by atoms with E-state index >= 15 is 0 Å². The van der Waals surface area contributed by atoms with E-state index in [1.807, 2.05) is 0 Å². The maximum absolute atomic E-state index is 13.1. The lowest BCUT2D eigenvalue weighted by Gasteiger charge is -2.36. The Morgan fingerprint density at radius 1 is 1.00 bits per heavy atom. The molecule has 8 nitrogen and oxygen atoms in total. The molecule has 168 valence electrons. The largest absolute Gasteiger partial charge is 0.466 e. The van der Waals surface area contributed by atoms with Gasteiger partial charge in [-0.15, -0.1) is 0 Å². The Kier molecular flexibility index (Phi) is 6.94. The van der Waals surface area contributed by atoms with Crippen LogP contribution in [0.1, 0.15) is 35.2 Å². The molecule has 1 aliphatic heterocycles. The van der Waals surface area contributed by atoms with Crippen LogP contribution in [0.25, 0.3) is 0 Å². The lowest BCUT2D eigenvalue weighted by atomic mass is 9.80. The summed E-state index contributed by atoms with van der Waals surface area (Å²) in [7, 11) is 2.35. The molecule has 0 amide bonds. The van der Waals surface area contributed by atoms with Crippen molar-refractivity contribution in [3.63, 3.8) is 0 Å². The van der Waals surface area contributed by atoms with Gasteiger partial charge in [0.25, 0.3) is 0 Å². The summed E-state index contributed by atoms with van der Waals surface area (Å²) >= 11 is 0. The molecule has 33 heavy (non-hydrogen) atoms. The molecule has 0 bridgehead atoms. The second-order valence-corrected chi connectivity index (χ2v) is 7.13. The topological polar surface area (TPSA) is 123 Å². The minimum atomic E-state index is -0.969. The zero-order valence-corrected chi connectivity index (χ0v) is 18.5. The SMILES string of the molecule is CCC(=O)c1ccccc1N1C(N)=C(C#N)C(c2ccccc2)C(C(=O)OC)=C1C(=O)OC. The molecule has 2 N–H and O–H groups in total. The van der Waals surface area contributed by atoms with Crippen molar-refractivity contribution in [1.29, 1.82) is 5.26 Å². The minimum Gasteiger partial charge on any atom is -0.466 e. The van der Waals surface area contributed by atoms with Crippen molar-refractivity contribution in [3.05, 3.63) is 88.4 Å². The lowest BCUT2D eigenvalue weighted by molar-refractivity contribution is -0.139. The molecule has 0 saturated heterocycles. The van der Waals surface area contributed by atoms with Crippen LogP contribution >= 0.6 is 0 Å². The number of ether oxygens (including phenoxy) is 2. The van der Waals surface area contributed by atoms with Gasteiger partial charge >= 0.3 is 11.9 Å². The van der Waals surface area contributed by atoms with E-state index in [9.17, 15) is 19.6 Å². The van der Waals surface area contributed by atoms with Crippen molar-refractivity contribution >= 4 is 23.4 Å². The van der Waals surface area contributed by atoms with Crippen LogP contribution in [0.15, 0.2) is 77.3 Å². The Morgan fingerprint density at radius 2 is 1.61 bits per heavy atom. The number of ketones is 1. The number of carbonyl (C=O) groups is 3. The molecule has 1 unspecified atom stereocenters.